The lowest BCUT2D eigenvalue weighted by atomic mass is 9.74. The van der Waals surface area contributed by atoms with E-state index in [4.69, 9.17) is 18.9 Å². The second kappa shape index (κ2) is 18.3. The molecule has 2 N–H and O–H groups in total. The molecule has 3 rings (SSSR count). The molecule has 9 atom stereocenters. The average Bonchev–Trinajstić information content (AvgIpc) is 3.05. The van der Waals surface area contributed by atoms with Crippen LogP contribution in [0, 0.1) is 17.3 Å². The summed E-state index contributed by atoms with van der Waals surface area (Å²) in [4.78, 5) is 40.6. The first kappa shape index (κ1) is 40.4. The summed E-state index contributed by atoms with van der Waals surface area (Å²) < 4.78 is 25.1. The first-order valence-corrected chi connectivity index (χ1v) is 17.8. The Balaban J connectivity index is 1.89. The topological polar surface area (TPSA) is 136 Å². The Morgan fingerprint density at radius 1 is 1.19 bits per heavy atom. The molecule has 0 radical (unpaired) electrons. The Morgan fingerprint density at radius 3 is 2.54 bits per heavy atom. The highest BCUT2D eigenvalue weighted by atomic mass is 16.7. The SMILES string of the molecule is CCCN1C[C@H](C)C[C@@](C)(OC)[C@H](O[C@@H]2O[C@H](C)C[C@H](N(C)C)[C@H]2O)[C@@H](C)C(=O)C(C)(C)C(=O)OC[C@H]1CCCNCc1ccncn1. The van der Waals surface area contributed by atoms with Crippen molar-refractivity contribution in [2.24, 2.45) is 17.3 Å². The van der Waals surface area contributed by atoms with Gasteiger partial charge in [-0.05, 0) is 99.0 Å². The molecule has 0 saturated carbocycles. The van der Waals surface area contributed by atoms with Gasteiger partial charge in [-0.1, -0.05) is 20.8 Å². The van der Waals surface area contributed by atoms with Crippen LogP contribution in [0.25, 0.3) is 0 Å². The number of carbonyl (C=O) groups is 2. The lowest BCUT2D eigenvalue weighted by molar-refractivity contribution is -0.295. The van der Waals surface area contributed by atoms with Crippen molar-refractivity contribution in [1.29, 1.82) is 0 Å². The van der Waals surface area contributed by atoms with E-state index in [1.165, 1.54) is 0 Å². The van der Waals surface area contributed by atoms with Gasteiger partial charge in [-0.3, -0.25) is 14.5 Å². The molecule has 1 aromatic heterocycles. The normalized spacial score (nSPS) is 34.2. The van der Waals surface area contributed by atoms with Crippen LogP contribution in [0.2, 0.25) is 0 Å². The minimum Gasteiger partial charge on any atom is -0.463 e. The van der Waals surface area contributed by atoms with E-state index in [1.54, 1.807) is 40.4 Å². The molecule has 12 nitrogen and oxygen atoms in total. The van der Waals surface area contributed by atoms with Gasteiger partial charge in [0.05, 0.1) is 23.5 Å². The maximum atomic E-state index is 14.3. The molecule has 274 valence electrons. The Bertz CT molecular complexity index is 1140. The lowest BCUT2D eigenvalue weighted by Gasteiger charge is -2.47. The molecule has 12 heteroatoms. The molecule has 0 aliphatic carbocycles. The molecule has 2 aliphatic heterocycles. The van der Waals surface area contributed by atoms with Crippen LogP contribution in [-0.2, 0) is 35.1 Å². The van der Waals surface area contributed by atoms with Gasteiger partial charge in [0.2, 0.25) is 0 Å². The van der Waals surface area contributed by atoms with Gasteiger partial charge in [0.1, 0.15) is 24.5 Å². The number of ketones is 1. The van der Waals surface area contributed by atoms with Crippen LogP contribution in [0.5, 0.6) is 0 Å². The van der Waals surface area contributed by atoms with Gasteiger partial charge in [-0.2, -0.15) is 0 Å². The number of ether oxygens (including phenoxy) is 4. The third-order valence-corrected chi connectivity index (χ3v) is 10.2. The van der Waals surface area contributed by atoms with E-state index < -0.39 is 41.4 Å². The van der Waals surface area contributed by atoms with E-state index >= 15 is 0 Å². The number of likely N-dealkylation sites (N-methyl/N-ethyl adjacent to an activating group) is 1. The van der Waals surface area contributed by atoms with Crippen molar-refractivity contribution < 1.29 is 33.6 Å². The van der Waals surface area contributed by atoms with Crippen molar-refractivity contribution in [3.8, 4) is 0 Å². The van der Waals surface area contributed by atoms with Crippen LogP contribution >= 0.6 is 0 Å². The molecule has 0 bridgehead atoms. The largest absolute Gasteiger partial charge is 0.463 e. The van der Waals surface area contributed by atoms with Crippen molar-refractivity contribution >= 4 is 11.8 Å². The summed E-state index contributed by atoms with van der Waals surface area (Å²) in [5.74, 6) is -1.47. The third-order valence-electron chi connectivity index (χ3n) is 10.2. The van der Waals surface area contributed by atoms with E-state index in [-0.39, 0.29) is 36.5 Å². The summed E-state index contributed by atoms with van der Waals surface area (Å²) in [6.07, 6.45) is 4.28. The van der Waals surface area contributed by atoms with Gasteiger partial charge < -0.3 is 34.3 Å². The molecular weight excluding hydrogens is 614 g/mol. The summed E-state index contributed by atoms with van der Waals surface area (Å²) in [6, 6.07) is 1.70. The number of hydrogen-bond donors (Lipinski definition) is 2. The quantitative estimate of drug-likeness (QED) is 0.191. The molecule has 2 saturated heterocycles. The van der Waals surface area contributed by atoms with Crippen LogP contribution < -0.4 is 5.32 Å². The van der Waals surface area contributed by atoms with E-state index in [9.17, 15) is 14.7 Å². The van der Waals surface area contributed by atoms with E-state index in [2.05, 4.69) is 34.0 Å². The number of hydrogen-bond acceptors (Lipinski definition) is 12. The van der Waals surface area contributed by atoms with E-state index in [1.807, 2.05) is 38.9 Å². The number of nitrogens with zero attached hydrogens (tertiary/aromatic N) is 4. The van der Waals surface area contributed by atoms with E-state index in [0.29, 0.717) is 19.4 Å². The predicted molar refractivity (Wildman–Crippen MR) is 184 cm³/mol. The zero-order chi connectivity index (χ0) is 35.6. The fourth-order valence-corrected chi connectivity index (χ4v) is 7.41. The molecule has 0 amide bonds. The Morgan fingerprint density at radius 2 is 1.92 bits per heavy atom. The van der Waals surface area contributed by atoms with Crippen LogP contribution in [0.3, 0.4) is 0 Å². The van der Waals surface area contributed by atoms with E-state index in [0.717, 1.165) is 44.6 Å². The van der Waals surface area contributed by atoms with Crippen LogP contribution in [0.1, 0.15) is 86.3 Å². The van der Waals surface area contributed by atoms with Gasteiger partial charge in [-0.25, -0.2) is 9.97 Å². The van der Waals surface area contributed by atoms with Crippen LogP contribution in [0.15, 0.2) is 18.6 Å². The monoisotopic (exact) mass is 677 g/mol. The molecule has 1 aromatic rings. The van der Waals surface area contributed by atoms with Gasteiger partial charge in [0.15, 0.2) is 12.1 Å². The zero-order valence-corrected chi connectivity index (χ0v) is 31.1. The highest BCUT2D eigenvalue weighted by molar-refractivity contribution is 6.04. The van der Waals surface area contributed by atoms with Gasteiger partial charge in [-0.15, -0.1) is 0 Å². The molecule has 48 heavy (non-hydrogen) atoms. The Labute approximate surface area is 288 Å². The number of aromatic nitrogens is 2. The Kier molecular flexibility index (Phi) is 15.4. The first-order valence-electron chi connectivity index (χ1n) is 17.8. The van der Waals surface area contributed by atoms with Gasteiger partial charge in [0.25, 0.3) is 0 Å². The number of cyclic esters (lactones) is 1. The van der Waals surface area contributed by atoms with Crippen molar-refractivity contribution in [1.82, 2.24) is 25.1 Å². The fourth-order valence-electron chi connectivity index (χ4n) is 7.41. The number of esters is 1. The van der Waals surface area contributed by atoms with Crippen molar-refractivity contribution in [2.45, 2.75) is 129 Å². The molecule has 0 aromatic carbocycles. The highest BCUT2D eigenvalue weighted by Gasteiger charge is 2.51. The fraction of sp³-hybridized carbons (Fsp3) is 0.833. The number of nitrogens with one attached hydrogen (secondary N) is 1. The van der Waals surface area contributed by atoms with Crippen molar-refractivity contribution in [2.75, 3.05) is 47.4 Å². The first-order chi connectivity index (χ1) is 22.6. The van der Waals surface area contributed by atoms with Gasteiger partial charge >= 0.3 is 5.97 Å². The third kappa shape index (κ3) is 10.5. The highest BCUT2D eigenvalue weighted by Crippen LogP contribution is 2.38. The number of Topliss-reactive ketones (excluding diaryl/α,β-unsaturated/α-hetero) is 1. The molecule has 2 aliphatic rings. The summed E-state index contributed by atoms with van der Waals surface area (Å²) >= 11 is 0. The van der Waals surface area contributed by atoms with Crippen molar-refractivity contribution in [3.63, 3.8) is 0 Å². The zero-order valence-electron chi connectivity index (χ0n) is 31.1. The van der Waals surface area contributed by atoms with Gasteiger partial charge in [0, 0.05) is 44.4 Å². The Hall–Kier alpha value is -2.06. The number of carbonyl (C=O) groups excluding carboxylic acids is 2. The number of aliphatic hydroxyl groups is 1. The molecule has 3 heterocycles. The van der Waals surface area contributed by atoms with Crippen LogP contribution in [0.4, 0.5) is 0 Å². The molecule has 2 fully saturated rings. The summed E-state index contributed by atoms with van der Waals surface area (Å²) in [5.41, 5.74) is -1.43. The molecular formula is C36H63N5O7. The summed E-state index contributed by atoms with van der Waals surface area (Å²) in [6.45, 7) is 16.6. The second-order valence-corrected chi connectivity index (χ2v) is 15.0. The second-order valence-electron chi connectivity index (χ2n) is 15.0. The number of rotatable bonds is 12. The predicted octanol–water partition coefficient (Wildman–Crippen LogP) is 3.46. The summed E-state index contributed by atoms with van der Waals surface area (Å²) in [5, 5.41) is 14.8. The summed E-state index contributed by atoms with van der Waals surface area (Å²) in [7, 11) is 5.49. The number of aliphatic hydroxyl groups excluding tert-OH is 1. The maximum Gasteiger partial charge on any atom is 0.319 e. The standard InChI is InChI=1S/C36H63N5O7/c1-11-17-41-21-24(2)19-36(7,45-10)32(48-33-30(42)29(40(8)9)18-25(3)47-33)26(4)31(43)35(5,6)34(44)46-22-28(41)13-12-15-37-20-27-14-16-38-23-39-27/h14,16,23-26,28-30,32-33,37,42H,11-13,15,17-22H2,1-10H3/t24-,25-,26+,28-,29+,30-,32-,33+,36-/m1/s1. The van der Waals surface area contributed by atoms with Crippen molar-refractivity contribution in [3.05, 3.63) is 24.3 Å². The van der Waals surface area contributed by atoms with Crippen LogP contribution in [-0.4, -0.2) is 126 Å². The molecule has 0 spiro atoms. The minimum atomic E-state index is -1.43. The lowest BCUT2D eigenvalue weighted by Crippen LogP contribution is -2.59. The maximum absolute atomic E-state index is 14.3. The number of methoxy groups -OCH3 is 1. The average molecular weight is 678 g/mol. The minimum absolute atomic E-state index is 0.0163. The molecule has 0 unspecified atom stereocenters. The smallest absolute Gasteiger partial charge is 0.319 e.